The van der Waals surface area contributed by atoms with E-state index in [1.807, 2.05) is 0 Å². The summed E-state index contributed by atoms with van der Waals surface area (Å²) in [7, 11) is 0. The van der Waals surface area contributed by atoms with Gasteiger partial charge in [0, 0.05) is 49.5 Å². The van der Waals surface area contributed by atoms with Crippen molar-refractivity contribution in [3.63, 3.8) is 0 Å². The first-order valence-corrected chi connectivity index (χ1v) is 29.2. The van der Waals surface area contributed by atoms with Gasteiger partial charge in [-0.05, 0) is 200 Å². The number of nitrogens with zero attached hydrogens (tertiary/aromatic N) is 3. The SMILES string of the molecule is Cc1ccccc1N(c1cc2c3c(c1)N(c1ccc4c(c1)C(C)(C)CCC4(C)C)c1c(sc4c1C(C)(C)CCC4(C)C)B3c1cc3c(cc1N2c1ccc(C(C)(C)C)cc1)C(C)(C)CCC3(C)C)c1ccccc1C. The fraction of sp³-hybridized carbons (Fsp3) is 0.429. The highest BCUT2D eigenvalue weighted by molar-refractivity contribution is 7.29. The van der Waals surface area contributed by atoms with Gasteiger partial charge in [0.05, 0.1) is 11.4 Å². The smallest absolute Gasteiger partial charge is 0.264 e. The number of anilines is 9. The topological polar surface area (TPSA) is 9.72 Å². The number of hydrogen-bond donors (Lipinski definition) is 0. The zero-order chi connectivity index (χ0) is 53.3. The average molecular weight is 1010 g/mol. The fourth-order valence-corrected chi connectivity index (χ4v) is 16.1. The predicted molar refractivity (Wildman–Crippen MR) is 327 cm³/mol. The lowest BCUT2D eigenvalue weighted by Crippen LogP contribution is -2.61. The van der Waals surface area contributed by atoms with E-state index in [9.17, 15) is 0 Å². The van der Waals surface area contributed by atoms with Crippen LogP contribution in [0.25, 0.3) is 0 Å². The van der Waals surface area contributed by atoms with Crippen molar-refractivity contribution in [3.8, 4) is 0 Å². The lowest BCUT2D eigenvalue weighted by molar-refractivity contribution is 0.332. The molecule has 2 aliphatic heterocycles. The maximum Gasteiger partial charge on any atom is 0.264 e. The highest BCUT2D eigenvalue weighted by atomic mass is 32.1. The number of para-hydroxylation sites is 2. The number of hydrogen-bond acceptors (Lipinski definition) is 4. The maximum atomic E-state index is 2.82. The molecule has 0 atom stereocenters. The first-order chi connectivity index (χ1) is 35.1. The van der Waals surface area contributed by atoms with Gasteiger partial charge in [0.15, 0.2) is 0 Å². The molecule has 0 radical (unpaired) electrons. The van der Waals surface area contributed by atoms with E-state index < -0.39 is 0 Å². The van der Waals surface area contributed by atoms with Crippen LogP contribution < -0.4 is 30.4 Å². The van der Waals surface area contributed by atoms with Crippen LogP contribution in [0.5, 0.6) is 0 Å². The Hall–Kier alpha value is -5.52. The minimum Gasteiger partial charge on any atom is -0.311 e. The average Bonchev–Trinajstić information content (AvgIpc) is 3.84. The molecule has 386 valence electrons. The van der Waals surface area contributed by atoms with Crippen LogP contribution in [0.1, 0.15) is 192 Å². The minimum atomic E-state index is -0.0326. The van der Waals surface area contributed by atoms with Gasteiger partial charge in [-0.15, -0.1) is 0 Å². The van der Waals surface area contributed by atoms with Crippen molar-refractivity contribution in [1.29, 1.82) is 0 Å². The van der Waals surface area contributed by atoms with Crippen molar-refractivity contribution in [3.05, 3.63) is 165 Å². The summed E-state index contributed by atoms with van der Waals surface area (Å²) in [5.41, 5.74) is 25.9. The zero-order valence-electron chi connectivity index (χ0n) is 48.5. The molecule has 3 nitrogen and oxygen atoms in total. The Morgan fingerprint density at radius 1 is 0.480 bits per heavy atom. The van der Waals surface area contributed by atoms with E-state index in [4.69, 9.17) is 0 Å². The standard InChI is InChI=1S/C70H82BN3S/c1-43-22-18-20-24-54(43)73(55-25-21-19-23-44(55)2)48-39-57-60-58(40-48)74(47-30-31-49-50(38-47)66(8,9)33-32-65(49,6)7)61-59-62(70(16,17)37-36-69(59,14)15)75-63(61)71(60)53-41-51-52(68(12,13)35-34-67(51,10)11)42-56(53)72(57)46-28-26-45(27-29-46)64(3,4)5/h18-31,38-42H,32-37H2,1-17H3. The van der Waals surface area contributed by atoms with Gasteiger partial charge in [0.25, 0.3) is 6.71 Å². The molecule has 0 saturated carbocycles. The summed E-state index contributed by atoms with van der Waals surface area (Å²) >= 11 is 2.15. The second-order valence-electron chi connectivity index (χ2n) is 28.7. The van der Waals surface area contributed by atoms with Gasteiger partial charge >= 0.3 is 0 Å². The quantitative estimate of drug-likeness (QED) is 0.159. The van der Waals surface area contributed by atoms with Gasteiger partial charge in [-0.2, -0.15) is 11.3 Å². The minimum absolute atomic E-state index is 0.0220. The van der Waals surface area contributed by atoms with Crippen molar-refractivity contribution >= 4 is 84.9 Å². The Kier molecular flexibility index (Phi) is 11.1. The van der Waals surface area contributed by atoms with Gasteiger partial charge in [-0.1, -0.05) is 165 Å². The third-order valence-electron chi connectivity index (χ3n) is 19.6. The number of thiophene rings is 1. The molecule has 0 amide bonds. The van der Waals surface area contributed by atoms with Gasteiger partial charge in [-0.25, -0.2) is 0 Å². The molecular weight excluding hydrogens is 926 g/mol. The molecule has 1 aromatic heterocycles. The van der Waals surface area contributed by atoms with E-state index in [1.165, 1.54) is 132 Å². The first-order valence-electron chi connectivity index (χ1n) is 28.4. The third-order valence-corrected chi connectivity index (χ3v) is 21.2. The molecular formula is C70H82BN3S. The molecule has 5 heteroatoms. The molecule has 12 rings (SSSR count). The summed E-state index contributed by atoms with van der Waals surface area (Å²) in [5, 5.41) is 0. The van der Waals surface area contributed by atoms with E-state index in [0.717, 1.165) is 12.8 Å². The van der Waals surface area contributed by atoms with Crippen LogP contribution in [0.3, 0.4) is 0 Å². The monoisotopic (exact) mass is 1010 g/mol. The van der Waals surface area contributed by atoms with Crippen LogP contribution in [0, 0.1) is 13.8 Å². The highest BCUT2D eigenvalue weighted by Gasteiger charge is 2.52. The molecule has 0 spiro atoms. The Balaban J connectivity index is 1.28. The van der Waals surface area contributed by atoms with E-state index in [2.05, 4.69) is 259 Å². The van der Waals surface area contributed by atoms with Crippen LogP contribution in [0.4, 0.5) is 51.2 Å². The molecule has 75 heavy (non-hydrogen) atoms. The number of rotatable bonds is 5. The molecule has 3 heterocycles. The number of aryl methyl sites for hydroxylation is 2. The Bertz CT molecular complexity index is 3430. The Morgan fingerprint density at radius 2 is 0.960 bits per heavy atom. The Labute approximate surface area is 455 Å². The summed E-state index contributed by atoms with van der Waals surface area (Å²) < 4.78 is 1.51. The van der Waals surface area contributed by atoms with E-state index in [0.29, 0.717) is 0 Å². The summed E-state index contributed by atoms with van der Waals surface area (Å²) in [5.74, 6) is 0. The molecule has 6 aromatic carbocycles. The van der Waals surface area contributed by atoms with Crippen molar-refractivity contribution < 1.29 is 0 Å². The van der Waals surface area contributed by atoms with E-state index >= 15 is 0 Å². The van der Waals surface area contributed by atoms with Crippen LogP contribution in [0.2, 0.25) is 0 Å². The Morgan fingerprint density at radius 3 is 1.52 bits per heavy atom. The molecule has 7 aromatic rings. The van der Waals surface area contributed by atoms with Crippen LogP contribution in [0.15, 0.2) is 115 Å². The van der Waals surface area contributed by atoms with E-state index in [-0.39, 0.29) is 44.6 Å². The molecule has 0 N–H and O–H groups in total. The predicted octanol–water partition coefficient (Wildman–Crippen LogP) is 18.3. The normalized spacial score (nSPS) is 19.8. The van der Waals surface area contributed by atoms with Crippen LogP contribution >= 0.6 is 11.3 Å². The lowest BCUT2D eigenvalue weighted by atomic mass is 9.35. The summed E-state index contributed by atoms with van der Waals surface area (Å²) in [6, 6.07) is 46.0. The molecule has 3 aliphatic carbocycles. The van der Waals surface area contributed by atoms with Crippen LogP contribution in [-0.2, 0) is 37.9 Å². The third kappa shape index (κ3) is 7.68. The van der Waals surface area contributed by atoms with Gasteiger partial charge in [-0.3, -0.25) is 0 Å². The highest BCUT2D eigenvalue weighted by Crippen LogP contribution is 2.59. The summed E-state index contributed by atoms with van der Waals surface area (Å²) in [6.07, 6.45) is 7.03. The number of benzene rings is 6. The lowest BCUT2D eigenvalue weighted by Gasteiger charge is -2.48. The molecule has 0 unspecified atom stereocenters. The van der Waals surface area contributed by atoms with Gasteiger partial charge in [0.2, 0.25) is 0 Å². The molecule has 5 aliphatic rings. The molecule has 0 bridgehead atoms. The van der Waals surface area contributed by atoms with Gasteiger partial charge < -0.3 is 14.7 Å². The molecule has 0 fully saturated rings. The fourth-order valence-electron chi connectivity index (χ4n) is 14.4. The molecule has 0 saturated heterocycles. The van der Waals surface area contributed by atoms with Crippen molar-refractivity contribution in [1.82, 2.24) is 0 Å². The second kappa shape index (κ2) is 16.5. The summed E-state index contributed by atoms with van der Waals surface area (Å²) in [6.45, 7) is 41.7. The van der Waals surface area contributed by atoms with E-state index in [1.54, 1.807) is 10.4 Å². The first kappa shape index (κ1) is 50.3. The maximum absolute atomic E-state index is 2.82. The number of fused-ring (bicyclic) bond motifs is 8. The summed E-state index contributed by atoms with van der Waals surface area (Å²) in [4.78, 5) is 9.67. The van der Waals surface area contributed by atoms with Crippen molar-refractivity contribution in [2.24, 2.45) is 0 Å². The van der Waals surface area contributed by atoms with Gasteiger partial charge in [0.1, 0.15) is 0 Å². The van der Waals surface area contributed by atoms with Crippen molar-refractivity contribution in [2.75, 3.05) is 14.7 Å². The second-order valence-corrected chi connectivity index (χ2v) is 29.8. The van der Waals surface area contributed by atoms with Crippen LogP contribution in [-0.4, -0.2) is 6.71 Å². The van der Waals surface area contributed by atoms with Crippen molar-refractivity contribution in [2.45, 2.75) is 194 Å². The zero-order valence-corrected chi connectivity index (χ0v) is 49.4. The largest absolute Gasteiger partial charge is 0.311 e.